The van der Waals surface area contributed by atoms with Crippen molar-refractivity contribution in [2.24, 2.45) is 0 Å². The van der Waals surface area contributed by atoms with Gasteiger partial charge < -0.3 is 14.4 Å². The largest absolute Gasteiger partial charge is 0.457 e. The van der Waals surface area contributed by atoms with E-state index in [0.717, 1.165) is 37.8 Å². The second kappa shape index (κ2) is 6.63. The highest BCUT2D eigenvalue weighted by atomic mass is 16.5. The van der Waals surface area contributed by atoms with Gasteiger partial charge in [-0.1, -0.05) is 39.0 Å². The lowest BCUT2D eigenvalue weighted by Gasteiger charge is -2.29. The van der Waals surface area contributed by atoms with Crippen molar-refractivity contribution in [1.29, 1.82) is 0 Å². The third-order valence-electron chi connectivity index (χ3n) is 4.15. The van der Waals surface area contributed by atoms with Crippen LogP contribution in [0.25, 0.3) is 0 Å². The zero-order chi connectivity index (χ0) is 16.3. The van der Waals surface area contributed by atoms with E-state index in [1.165, 1.54) is 11.3 Å². The van der Waals surface area contributed by atoms with E-state index in [1.807, 2.05) is 24.3 Å². The van der Waals surface area contributed by atoms with Crippen LogP contribution in [0.3, 0.4) is 0 Å². The monoisotopic (exact) mass is 311 g/mol. The van der Waals surface area contributed by atoms with Crippen molar-refractivity contribution in [2.45, 2.75) is 26.2 Å². The third-order valence-corrected chi connectivity index (χ3v) is 4.15. The van der Waals surface area contributed by atoms with Gasteiger partial charge in [-0.05, 0) is 35.2 Å². The van der Waals surface area contributed by atoms with Crippen LogP contribution in [0.5, 0.6) is 11.5 Å². The van der Waals surface area contributed by atoms with Crippen molar-refractivity contribution >= 4 is 5.69 Å². The van der Waals surface area contributed by atoms with Gasteiger partial charge in [0.05, 0.1) is 13.2 Å². The molecule has 3 nitrogen and oxygen atoms in total. The van der Waals surface area contributed by atoms with Crippen molar-refractivity contribution in [3.8, 4) is 11.5 Å². The summed E-state index contributed by atoms with van der Waals surface area (Å²) >= 11 is 0. The molecule has 122 valence electrons. The lowest BCUT2D eigenvalue weighted by Crippen LogP contribution is -2.36. The highest BCUT2D eigenvalue weighted by Crippen LogP contribution is 2.29. The molecular formula is C20H25NO2. The minimum absolute atomic E-state index is 0.161. The van der Waals surface area contributed by atoms with E-state index < -0.39 is 0 Å². The first-order valence-corrected chi connectivity index (χ1v) is 8.23. The van der Waals surface area contributed by atoms with Gasteiger partial charge in [0, 0.05) is 24.8 Å². The average molecular weight is 311 g/mol. The second-order valence-electron chi connectivity index (χ2n) is 6.97. The molecule has 2 aromatic rings. The second-order valence-corrected chi connectivity index (χ2v) is 6.97. The van der Waals surface area contributed by atoms with Crippen LogP contribution in [0.4, 0.5) is 5.69 Å². The molecule has 1 fully saturated rings. The molecule has 0 unspecified atom stereocenters. The van der Waals surface area contributed by atoms with Crippen molar-refractivity contribution < 1.29 is 9.47 Å². The van der Waals surface area contributed by atoms with Gasteiger partial charge in [-0.25, -0.2) is 0 Å². The van der Waals surface area contributed by atoms with Crippen molar-refractivity contribution in [3.63, 3.8) is 0 Å². The molecule has 0 amide bonds. The number of ether oxygens (including phenoxy) is 2. The fourth-order valence-corrected chi connectivity index (χ4v) is 2.72. The number of benzene rings is 2. The molecule has 0 spiro atoms. The first kappa shape index (κ1) is 15.9. The van der Waals surface area contributed by atoms with Crippen molar-refractivity contribution in [3.05, 3.63) is 54.1 Å². The molecule has 0 aliphatic carbocycles. The maximum absolute atomic E-state index is 6.02. The molecule has 0 radical (unpaired) electrons. The molecule has 1 aliphatic rings. The molecular weight excluding hydrogens is 286 g/mol. The Balaban J connectivity index is 1.72. The zero-order valence-electron chi connectivity index (χ0n) is 14.2. The summed E-state index contributed by atoms with van der Waals surface area (Å²) in [5.41, 5.74) is 2.67. The number of hydrogen-bond donors (Lipinski definition) is 0. The van der Waals surface area contributed by atoms with E-state index in [0.29, 0.717) is 0 Å². The predicted octanol–water partition coefficient (Wildman–Crippen LogP) is 4.61. The maximum atomic E-state index is 6.02. The molecule has 0 bridgehead atoms. The van der Waals surface area contributed by atoms with Crippen molar-refractivity contribution in [1.82, 2.24) is 0 Å². The van der Waals surface area contributed by atoms with Crippen LogP contribution in [0.15, 0.2) is 48.5 Å². The standard InChI is InChI=1S/C20H25NO2/c1-20(2,3)16-7-9-18(10-8-16)23-19-6-4-5-17(15-19)21-11-13-22-14-12-21/h4-10,15H,11-14H2,1-3H3. The molecule has 0 saturated carbocycles. The summed E-state index contributed by atoms with van der Waals surface area (Å²) in [6, 6.07) is 16.6. The van der Waals surface area contributed by atoms with E-state index in [4.69, 9.17) is 9.47 Å². The predicted molar refractivity (Wildman–Crippen MR) is 94.7 cm³/mol. The maximum Gasteiger partial charge on any atom is 0.129 e. The lowest BCUT2D eigenvalue weighted by atomic mass is 9.87. The minimum Gasteiger partial charge on any atom is -0.457 e. The Kier molecular flexibility index (Phi) is 4.58. The Morgan fingerprint density at radius 3 is 2.26 bits per heavy atom. The topological polar surface area (TPSA) is 21.7 Å². The summed E-state index contributed by atoms with van der Waals surface area (Å²) in [6.45, 7) is 10.1. The Bertz CT molecular complexity index is 637. The van der Waals surface area contributed by atoms with Crippen LogP contribution in [0.2, 0.25) is 0 Å². The molecule has 3 heteroatoms. The van der Waals surface area contributed by atoms with Gasteiger partial charge in [0.1, 0.15) is 11.5 Å². The van der Waals surface area contributed by atoms with Crippen LogP contribution in [-0.2, 0) is 10.2 Å². The number of rotatable bonds is 3. The number of anilines is 1. The molecule has 1 aliphatic heterocycles. The van der Waals surface area contributed by atoms with E-state index in [1.54, 1.807) is 0 Å². The lowest BCUT2D eigenvalue weighted by molar-refractivity contribution is 0.122. The fourth-order valence-electron chi connectivity index (χ4n) is 2.72. The Morgan fingerprint density at radius 1 is 0.913 bits per heavy atom. The minimum atomic E-state index is 0.161. The van der Waals surface area contributed by atoms with E-state index in [2.05, 4.69) is 49.9 Å². The molecule has 0 aromatic heterocycles. The Hall–Kier alpha value is -2.00. The first-order chi connectivity index (χ1) is 11.0. The summed E-state index contributed by atoms with van der Waals surface area (Å²) in [5, 5.41) is 0. The third kappa shape index (κ3) is 4.05. The smallest absolute Gasteiger partial charge is 0.129 e. The van der Waals surface area contributed by atoms with Crippen LogP contribution in [0, 0.1) is 0 Å². The Morgan fingerprint density at radius 2 is 1.61 bits per heavy atom. The number of hydrogen-bond acceptors (Lipinski definition) is 3. The summed E-state index contributed by atoms with van der Waals surface area (Å²) in [6.07, 6.45) is 0. The molecule has 0 atom stereocenters. The Labute approximate surface area is 138 Å². The van der Waals surface area contributed by atoms with Gasteiger partial charge in [0.25, 0.3) is 0 Å². The van der Waals surface area contributed by atoms with Gasteiger partial charge in [-0.3, -0.25) is 0 Å². The van der Waals surface area contributed by atoms with E-state index in [9.17, 15) is 0 Å². The summed E-state index contributed by atoms with van der Waals surface area (Å²) < 4.78 is 11.4. The number of morpholine rings is 1. The van der Waals surface area contributed by atoms with Crippen LogP contribution < -0.4 is 9.64 Å². The molecule has 1 heterocycles. The first-order valence-electron chi connectivity index (χ1n) is 8.23. The highest BCUT2D eigenvalue weighted by Gasteiger charge is 2.14. The van der Waals surface area contributed by atoms with Gasteiger partial charge in [0.15, 0.2) is 0 Å². The van der Waals surface area contributed by atoms with E-state index in [-0.39, 0.29) is 5.41 Å². The molecule has 3 rings (SSSR count). The average Bonchev–Trinajstić information content (AvgIpc) is 2.56. The van der Waals surface area contributed by atoms with Gasteiger partial charge in [0.2, 0.25) is 0 Å². The SMILES string of the molecule is CC(C)(C)c1ccc(Oc2cccc(N3CCOCC3)c2)cc1. The molecule has 1 saturated heterocycles. The summed E-state index contributed by atoms with van der Waals surface area (Å²) in [4.78, 5) is 2.33. The van der Waals surface area contributed by atoms with Crippen LogP contribution in [0.1, 0.15) is 26.3 Å². The van der Waals surface area contributed by atoms with Gasteiger partial charge in [-0.2, -0.15) is 0 Å². The van der Waals surface area contributed by atoms with Crippen LogP contribution in [-0.4, -0.2) is 26.3 Å². The van der Waals surface area contributed by atoms with Crippen molar-refractivity contribution in [2.75, 3.05) is 31.2 Å². The molecule has 0 N–H and O–H groups in total. The normalized spacial score (nSPS) is 15.5. The van der Waals surface area contributed by atoms with Crippen LogP contribution >= 0.6 is 0 Å². The molecule has 23 heavy (non-hydrogen) atoms. The quantitative estimate of drug-likeness (QED) is 0.826. The zero-order valence-corrected chi connectivity index (χ0v) is 14.2. The van der Waals surface area contributed by atoms with Gasteiger partial charge >= 0.3 is 0 Å². The van der Waals surface area contributed by atoms with E-state index >= 15 is 0 Å². The highest BCUT2D eigenvalue weighted by molar-refractivity contribution is 5.51. The molecule has 2 aromatic carbocycles. The fraction of sp³-hybridized carbons (Fsp3) is 0.400. The van der Waals surface area contributed by atoms with Gasteiger partial charge in [-0.15, -0.1) is 0 Å². The summed E-state index contributed by atoms with van der Waals surface area (Å²) in [5.74, 6) is 1.75. The summed E-state index contributed by atoms with van der Waals surface area (Å²) in [7, 11) is 0. The number of nitrogens with zero attached hydrogens (tertiary/aromatic N) is 1.